The van der Waals surface area contributed by atoms with Gasteiger partial charge in [0, 0.05) is 11.8 Å². The maximum absolute atomic E-state index is 12.5. The summed E-state index contributed by atoms with van der Waals surface area (Å²) in [7, 11) is -3.88. The van der Waals surface area contributed by atoms with Crippen molar-refractivity contribution in [3.8, 4) is 0 Å². The van der Waals surface area contributed by atoms with Crippen molar-refractivity contribution >= 4 is 62.1 Å². The molecule has 0 spiro atoms. The maximum atomic E-state index is 12.5. The van der Waals surface area contributed by atoms with Crippen LogP contribution >= 0.6 is 34.8 Å². The van der Waals surface area contributed by atoms with Crippen LogP contribution in [0.25, 0.3) is 0 Å². The van der Waals surface area contributed by atoms with Crippen LogP contribution in [0.2, 0.25) is 0 Å². The molecule has 0 fully saturated rings. The first-order valence-electron chi connectivity index (χ1n) is 7.40. The van der Waals surface area contributed by atoms with Crippen molar-refractivity contribution in [2.45, 2.75) is 14.9 Å². The largest absolute Gasteiger partial charge is 0.362 e. The van der Waals surface area contributed by atoms with E-state index >= 15 is 0 Å². The summed E-state index contributed by atoms with van der Waals surface area (Å²) < 4.78 is 20.6. The van der Waals surface area contributed by atoms with Gasteiger partial charge in [-0.05, 0) is 30.3 Å². The highest BCUT2D eigenvalue weighted by Gasteiger charge is 2.35. The molecular weight excluding hydrogens is 455 g/mol. The highest BCUT2D eigenvalue weighted by molar-refractivity contribution is 7.89. The fourth-order valence-electron chi connectivity index (χ4n) is 2.14. The van der Waals surface area contributed by atoms with Crippen LogP contribution in [0.1, 0.15) is 10.4 Å². The number of nitro groups is 1. The van der Waals surface area contributed by atoms with Crippen LogP contribution in [0.5, 0.6) is 0 Å². The van der Waals surface area contributed by atoms with Gasteiger partial charge in [0.05, 0.1) is 9.82 Å². The van der Waals surface area contributed by atoms with E-state index < -0.39 is 36.5 Å². The predicted molar refractivity (Wildman–Crippen MR) is 106 cm³/mol. The van der Waals surface area contributed by atoms with Crippen molar-refractivity contribution in [1.82, 2.24) is 5.32 Å². The molecule has 13 heteroatoms. The summed E-state index contributed by atoms with van der Waals surface area (Å²) >= 11 is 17.7. The number of anilines is 1. The van der Waals surface area contributed by atoms with Crippen molar-refractivity contribution in [2.24, 2.45) is 5.14 Å². The number of sulfonamides is 1. The van der Waals surface area contributed by atoms with Gasteiger partial charge in [-0.1, -0.05) is 46.9 Å². The monoisotopic (exact) mass is 466 g/mol. The second kappa shape index (κ2) is 8.50. The number of rotatable bonds is 6. The minimum absolute atomic E-state index is 0.132. The normalized spacial score (nSPS) is 12.9. The Morgan fingerprint density at radius 3 is 2.18 bits per heavy atom. The summed E-state index contributed by atoms with van der Waals surface area (Å²) in [6.07, 6.45) is -1.30. The molecule has 0 saturated carbocycles. The van der Waals surface area contributed by atoms with E-state index in [1.807, 2.05) is 0 Å². The molecule has 0 unspecified atom stereocenters. The van der Waals surface area contributed by atoms with Gasteiger partial charge in [0.15, 0.2) is 0 Å². The number of hydrogen-bond acceptors (Lipinski definition) is 6. The lowest BCUT2D eigenvalue weighted by Gasteiger charge is -2.27. The summed E-state index contributed by atoms with van der Waals surface area (Å²) in [5.41, 5.74) is -0.342. The number of carbonyl (C=O) groups is 1. The van der Waals surface area contributed by atoms with E-state index in [4.69, 9.17) is 39.9 Å². The molecule has 2 aromatic carbocycles. The number of alkyl halides is 3. The molecule has 4 N–H and O–H groups in total. The summed E-state index contributed by atoms with van der Waals surface area (Å²) in [6, 6.07) is 10.4. The number of benzene rings is 2. The lowest BCUT2D eigenvalue weighted by atomic mass is 10.1. The van der Waals surface area contributed by atoms with Crippen LogP contribution in [0, 0.1) is 10.1 Å². The van der Waals surface area contributed by atoms with Gasteiger partial charge in [0.2, 0.25) is 13.8 Å². The van der Waals surface area contributed by atoms with Crippen molar-refractivity contribution in [2.75, 3.05) is 5.32 Å². The van der Waals surface area contributed by atoms with Gasteiger partial charge in [-0.15, -0.1) is 0 Å². The van der Waals surface area contributed by atoms with E-state index in [0.717, 1.165) is 0 Å². The van der Waals surface area contributed by atoms with Crippen LogP contribution in [0.15, 0.2) is 53.4 Å². The van der Waals surface area contributed by atoms with Crippen LogP contribution in [0.3, 0.4) is 0 Å². The average Bonchev–Trinajstić information content (AvgIpc) is 2.60. The maximum Gasteiger partial charge on any atom is 0.282 e. The Morgan fingerprint density at radius 1 is 1.11 bits per heavy atom. The lowest BCUT2D eigenvalue weighted by molar-refractivity contribution is -0.385. The number of primary sulfonamides is 1. The highest BCUT2D eigenvalue weighted by atomic mass is 35.6. The Labute approximate surface area is 175 Å². The molecule has 1 atom stereocenters. The molecule has 2 aromatic rings. The lowest BCUT2D eigenvalue weighted by Crippen LogP contribution is -2.49. The summed E-state index contributed by atoms with van der Waals surface area (Å²) in [4.78, 5) is 22.7. The molecule has 2 rings (SSSR count). The molecular formula is C15H13Cl3N4O5S. The van der Waals surface area contributed by atoms with Gasteiger partial charge in [0.1, 0.15) is 11.7 Å². The zero-order chi connectivity index (χ0) is 21.1. The Balaban J connectivity index is 2.26. The molecule has 0 saturated heterocycles. The Kier molecular flexibility index (Phi) is 6.73. The average molecular weight is 468 g/mol. The minimum Gasteiger partial charge on any atom is -0.362 e. The second-order valence-electron chi connectivity index (χ2n) is 5.44. The van der Waals surface area contributed by atoms with Gasteiger partial charge in [0.25, 0.3) is 11.6 Å². The zero-order valence-corrected chi connectivity index (χ0v) is 16.9. The Morgan fingerprint density at radius 2 is 1.68 bits per heavy atom. The number of nitrogens with zero attached hydrogens (tertiary/aromatic N) is 1. The number of hydrogen-bond donors (Lipinski definition) is 3. The van der Waals surface area contributed by atoms with Crippen molar-refractivity contribution in [1.29, 1.82) is 0 Å². The molecule has 0 heterocycles. The molecule has 0 aromatic heterocycles. The van der Waals surface area contributed by atoms with Crippen molar-refractivity contribution < 1.29 is 18.1 Å². The van der Waals surface area contributed by atoms with Gasteiger partial charge >= 0.3 is 0 Å². The molecule has 1 amide bonds. The topological polar surface area (TPSA) is 144 Å². The standard InChI is InChI=1S/C15H13Cl3N4O5S/c16-15(17,18)14(20-9-5-7-10(8-6-9)28(19,26)27)21-13(23)11-3-1-2-4-12(11)22(24)25/h1-8,14,20H,(H,21,23)(H2,19,26,27)/t14-/m1/s1. The second-order valence-corrected chi connectivity index (χ2v) is 9.37. The number of nitro benzene ring substituents is 1. The van der Waals surface area contributed by atoms with E-state index in [0.29, 0.717) is 5.69 Å². The van der Waals surface area contributed by atoms with Gasteiger partial charge in [-0.2, -0.15) is 0 Å². The minimum atomic E-state index is -3.88. The SMILES string of the molecule is NS(=O)(=O)c1ccc(N[C@H](NC(=O)c2ccccc2[N+](=O)[O-])C(Cl)(Cl)Cl)cc1. The molecule has 0 radical (unpaired) electrons. The zero-order valence-electron chi connectivity index (χ0n) is 13.8. The summed E-state index contributed by atoms with van der Waals surface area (Å²) in [5.74, 6) is -0.850. The Hall–Kier alpha value is -2.11. The Bertz CT molecular complexity index is 993. The van der Waals surface area contributed by atoms with E-state index in [1.165, 1.54) is 48.5 Å². The number of nitrogens with one attached hydrogen (secondary N) is 2. The quantitative estimate of drug-likeness (QED) is 0.258. The first-order valence-corrected chi connectivity index (χ1v) is 10.1. The molecule has 150 valence electrons. The van der Waals surface area contributed by atoms with E-state index in [-0.39, 0.29) is 10.5 Å². The fourth-order valence-corrected chi connectivity index (χ4v) is 2.98. The van der Waals surface area contributed by atoms with Gasteiger partial charge in [-0.25, -0.2) is 13.6 Å². The van der Waals surface area contributed by atoms with E-state index in [2.05, 4.69) is 10.6 Å². The number of carbonyl (C=O) groups excluding carboxylic acids is 1. The van der Waals surface area contributed by atoms with Crippen molar-refractivity contribution in [3.63, 3.8) is 0 Å². The summed E-state index contributed by atoms with van der Waals surface area (Å²) in [5, 5.41) is 21.2. The summed E-state index contributed by atoms with van der Waals surface area (Å²) in [6.45, 7) is 0. The first-order chi connectivity index (χ1) is 12.9. The molecule has 0 aliphatic rings. The van der Waals surface area contributed by atoms with Gasteiger partial charge < -0.3 is 10.6 Å². The van der Waals surface area contributed by atoms with Crippen LogP contribution in [-0.2, 0) is 10.0 Å². The van der Waals surface area contributed by atoms with E-state index in [1.54, 1.807) is 0 Å². The highest BCUT2D eigenvalue weighted by Crippen LogP contribution is 2.32. The molecule has 28 heavy (non-hydrogen) atoms. The number of halogens is 3. The third kappa shape index (κ3) is 5.69. The fraction of sp³-hybridized carbons (Fsp3) is 0.133. The van der Waals surface area contributed by atoms with E-state index in [9.17, 15) is 23.3 Å². The smallest absolute Gasteiger partial charge is 0.282 e. The number of nitrogens with two attached hydrogens (primary N) is 1. The van der Waals surface area contributed by atoms with Crippen LogP contribution in [-0.4, -0.2) is 29.2 Å². The molecule has 0 bridgehead atoms. The van der Waals surface area contributed by atoms with Crippen LogP contribution < -0.4 is 15.8 Å². The first kappa shape index (κ1) is 22.2. The number of amides is 1. The van der Waals surface area contributed by atoms with Crippen LogP contribution in [0.4, 0.5) is 11.4 Å². The van der Waals surface area contributed by atoms with Crippen molar-refractivity contribution in [3.05, 3.63) is 64.2 Å². The molecule has 0 aliphatic carbocycles. The molecule has 0 aliphatic heterocycles. The third-order valence-corrected chi connectivity index (χ3v) is 5.03. The van der Waals surface area contributed by atoms with Gasteiger partial charge in [-0.3, -0.25) is 14.9 Å². The predicted octanol–water partition coefficient (Wildman–Crippen LogP) is 2.78. The third-order valence-electron chi connectivity index (χ3n) is 3.44. The molecule has 9 nitrogen and oxygen atoms in total. The number of para-hydroxylation sites is 1.